The molecule has 10 heteroatoms. The number of rotatable bonds is 33. The van der Waals surface area contributed by atoms with Crippen molar-refractivity contribution in [1.82, 2.24) is 0 Å². The van der Waals surface area contributed by atoms with E-state index in [0.29, 0.717) is 25.9 Å². The molecular weight excluding hydrogens is 597 g/mol. The molecule has 0 spiro atoms. The Labute approximate surface area is 274 Å². The molecule has 2 atom stereocenters. The maximum Gasteiger partial charge on any atom is 0.265 e. The van der Waals surface area contributed by atoms with Gasteiger partial charge in [0.1, 0.15) is 13.1 Å². The molecule has 0 aromatic carbocycles. The van der Waals surface area contributed by atoms with E-state index in [9.17, 15) is 25.9 Å². The summed E-state index contributed by atoms with van der Waals surface area (Å²) < 4.78 is 65.9. The molecule has 0 aliphatic heterocycles. The number of hydrogen-bond donors (Lipinski definition) is 2. The Morgan fingerprint density at radius 3 is 0.841 bits per heavy atom. The van der Waals surface area contributed by atoms with Crippen LogP contribution in [0.2, 0.25) is 0 Å². The zero-order valence-electron chi connectivity index (χ0n) is 29.5. The van der Waals surface area contributed by atoms with Crippen LogP contribution in [-0.2, 0) is 20.2 Å². The van der Waals surface area contributed by atoms with Crippen LogP contribution in [0.4, 0.5) is 0 Å². The standard InChI is InChI=1S/C34H72N2O6S2/c1-5-7-9-11-13-15-17-19-21-23-27-35(3,29-25-33-43(37,38)39)31-32-36(4,30-26-34-44(40,41)42)28-24-22-20-18-16-14-12-10-8-6-2/h5-34H2,1-4H3/p+2. The maximum atomic E-state index is 11.4. The van der Waals surface area contributed by atoms with Crippen molar-refractivity contribution >= 4 is 20.2 Å². The molecule has 0 aliphatic rings. The lowest BCUT2D eigenvalue weighted by molar-refractivity contribution is -0.964. The predicted molar refractivity (Wildman–Crippen MR) is 187 cm³/mol. The summed E-state index contributed by atoms with van der Waals surface area (Å²) in [4.78, 5) is 0. The minimum Gasteiger partial charge on any atom is -0.321 e. The second-order valence-electron chi connectivity index (χ2n) is 14.2. The lowest BCUT2D eigenvalue weighted by atomic mass is 10.1. The van der Waals surface area contributed by atoms with Gasteiger partial charge in [-0.1, -0.05) is 117 Å². The summed E-state index contributed by atoms with van der Waals surface area (Å²) in [6.45, 7) is 9.60. The zero-order chi connectivity index (χ0) is 33.2. The Hall–Kier alpha value is -0.260. The van der Waals surface area contributed by atoms with Crippen molar-refractivity contribution < 1.29 is 34.9 Å². The third-order valence-electron chi connectivity index (χ3n) is 9.48. The Balaban J connectivity index is 4.96. The van der Waals surface area contributed by atoms with Crippen LogP contribution in [-0.4, -0.2) is 99.8 Å². The molecule has 2 unspecified atom stereocenters. The van der Waals surface area contributed by atoms with E-state index < -0.39 is 20.2 Å². The SMILES string of the molecule is CCCCCCCCCCCC[N+](C)(CCCS(=O)(=O)O)CC[N+](C)(CCCCCCCCCCCC)CCCS(=O)(=O)O. The predicted octanol–water partition coefficient (Wildman–Crippen LogP) is 8.28. The summed E-state index contributed by atoms with van der Waals surface area (Å²) in [7, 11) is -3.55. The van der Waals surface area contributed by atoms with Gasteiger partial charge >= 0.3 is 0 Å². The van der Waals surface area contributed by atoms with Gasteiger partial charge in [0.15, 0.2) is 0 Å². The van der Waals surface area contributed by atoms with Gasteiger partial charge in [0.25, 0.3) is 20.2 Å². The summed E-state index contributed by atoms with van der Waals surface area (Å²) in [6, 6.07) is 0. The summed E-state index contributed by atoms with van der Waals surface area (Å²) >= 11 is 0. The lowest BCUT2D eigenvalue weighted by Gasteiger charge is -2.40. The molecule has 0 aromatic heterocycles. The van der Waals surface area contributed by atoms with Crippen molar-refractivity contribution in [3.63, 3.8) is 0 Å². The summed E-state index contributed by atoms with van der Waals surface area (Å²) in [5.41, 5.74) is 0. The van der Waals surface area contributed by atoms with Crippen molar-refractivity contribution in [3.05, 3.63) is 0 Å². The van der Waals surface area contributed by atoms with E-state index in [-0.39, 0.29) is 11.5 Å². The van der Waals surface area contributed by atoms with E-state index in [1.807, 2.05) is 0 Å². The van der Waals surface area contributed by atoms with E-state index in [1.54, 1.807) is 0 Å². The highest BCUT2D eigenvalue weighted by Gasteiger charge is 2.29. The molecule has 0 rings (SSSR count). The second-order valence-corrected chi connectivity index (χ2v) is 17.4. The summed E-state index contributed by atoms with van der Waals surface area (Å²) in [5, 5.41) is 0. The molecule has 0 aliphatic carbocycles. The van der Waals surface area contributed by atoms with E-state index in [4.69, 9.17) is 0 Å². The van der Waals surface area contributed by atoms with Crippen LogP contribution >= 0.6 is 0 Å². The van der Waals surface area contributed by atoms with Crippen LogP contribution in [0.25, 0.3) is 0 Å². The fourth-order valence-electron chi connectivity index (χ4n) is 6.37. The van der Waals surface area contributed by atoms with Gasteiger partial charge in [0.05, 0.1) is 51.8 Å². The molecule has 2 N–H and O–H groups in total. The molecule has 0 bridgehead atoms. The second kappa shape index (κ2) is 25.8. The van der Waals surface area contributed by atoms with Gasteiger partial charge in [-0.25, -0.2) is 0 Å². The molecule has 0 saturated heterocycles. The van der Waals surface area contributed by atoms with Gasteiger partial charge in [0.2, 0.25) is 0 Å². The Kier molecular flexibility index (Phi) is 25.6. The third kappa shape index (κ3) is 29.2. The molecule has 0 fully saturated rings. The largest absolute Gasteiger partial charge is 0.321 e. The van der Waals surface area contributed by atoms with E-state index in [1.165, 1.54) is 116 Å². The van der Waals surface area contributed by atoms with Gasteiger partial charge in [-0.2, -0.15) is 16.8 Å². The Bertz CT molecular complexity index is 812. The average molecular weight is 671 g/mol. The van der Waals surface area contributed by atoms with Crippen LogP contribution in [0.15, 0.2) is 0 Å². The Morgan fingerprint density at radius 1 is 0.364 bits per heavy atom. The molecule has 266 valence electrons. The van der Waals surface area contributed by atoms with Crippen molar-refractivity contribution in [3.8, 4) is 0 Å². The van der Waals surface area contributed by atoms with E-state index in [0.717, 1.165) is 48.0 Å². The van der Waals surface area contributed by atoms with Gasteiger partial charge in [0, 0.05) is 12.8 Å². The van der Waals surface area contributed by atoms with Gasteiger partial charge in [-0.3, -0.25) is 9.11 Å². The quantitative estimate of drug-likeness (QED) is 0.0413. The fourth-order valence-corrected chi connectivity index (χ4v) is 7.36. The first kappa shape index (κ1) is 43.7. The van der Waals surface area contributed by atoms with Crippen molar-refractivity contribution in [2.24, 2.45) is 0 Å². The molecule has 0 aromatic rings. The van der Waals surface area contributed by atoms with Crippen LogP contribution in [0.3, 0.4) is 0 Å². The first-order valence-corrected chi connectivity index (χ1v) is 21.5. The average Bonchev–Trinajstić information content (AvgIpc) is 2.93. The van der Waals surface area contributed by atoms with E-state index >= 15 is 0 Å². The van der Waals surface area contributed by atoms with Gasteiger partial charge < -0.3 is 8.97 Å². The van der Waals surface area contributed by atoms with Crippen molar-refractivity contribution in [2.45, 2.75) is 155 Å². The fraction of sp³-hybridized carbons (Fsp3) is 1.00. The highest BCUT2D eigenvalue weighted by molar-refractivity contribution is 7.86. The van der Waals surface area contributed by atoms with E-state index in [2.05, 4.69) is 27.9 Å². The highest BCUT2D eigenvalue weighted by Crippen LogP contribution is 2.17. The highest BCUT2D eigenvalue weighted by atomic mass is 32.2. The number of unbranched alkanes of at least 4 members (excludes halogenated alkanes) is 18. The number of likely N-dealkylation sites (N-methyl/N-ethyl adjacent to an activating group) is 2. The van der Waals surface area contributed by atoms with Crippen LogP contribution in [0, 0.1) is 0 Å². The van der Waals surface area contributed by atoms with Crippen LogP contribution < -0.4 is 0 Å². The summed E-state index contributed by atoms with van der Waals surface area (Å²) in [5.74, 6) is -0.421. The molecule has 0 saturated carbocycles. The van der Waals surface area contributed by atoms with Gasteiger partial charge in [-0.05, 0) is 25.7 Å². The first-order valence-electron chi connectivity index (χ1n) is 18.3. The summed E-state index contributed by atoms with van der Waals surface area (Å²) in [6.07, 6.45) is 26.4. The number of quaternary nitrogens is 2. The molecule has 0 radical (unpaired) electrons. The number of nitrogens with zero attached hydrogens (tertiary/aromatic N) is 2. The van der Waals surface area contributed by atoms with Crippen LogP contribution in [0.1, 0.15) is 155 Å². The lowest BCUT2D eigenvalue weighted by Crippen LogP contribution is -2.56. The topological polar surface area (TPSA) is 109 Å². The Morgan fingerprint density at radius 2 is 0.591 bits per heavy atom. The van der Waals surface area contributed by atoms with Gasteiger partial charge in [-0.15, -0.1) is 0 Å². The normalized spacial score (nSPS) is 15.3. The number of hydrogen-bond acceptors (Lipinski definition) is 4. The van der Waals surface area contributed by atoms with Crippen molar-refractivity contribution in [2.75, 3.05) is 64.9 Å². The van der Waals surface area contributed by atoms with Crippen LogP contribution in [0.5, 0.6) is 0 Å². The molecule has 0 amide bonds. The minimum atomic E-state index is -3.98. The molecule has 0 heterocycles. The molecule has 44 heavy (non-hydrogen) atoms. The zero-order valence-corrected chi connectivity index (χ0v) is 31.1. The smallest absolute Gasteiger partial charge is 0.265 e. The first-order chi connectivity index (χ1) is 20.7. The molecule has 8 nitrogen and oxygen atoms in total. The monoisotopic (exact) mass is 670 g/mol. The maximum absolute atomic E-state index is 11.4. The van der Waals surface area contributed by atoms with Crippen molar-refractivity contribution in [1.29, 1.82) is 0 Å². The molecular formula is C34H74N2O6S2+2. The third-order valence-corrected chi connectivity index (χ3v) is 11.1. The minimum absolute atomic E-state index is 0.210.